The summed E-state index contributed by atoms with van der Waals surface area (Å²) in [5.74, 6) is -0.0613. The summed E-state index contributed by atoms with van der Waals surface area (Å²) in [6.07, 6.45) is 0. The quantitative estimate of drug-likeness (QED) is 0.868. The molecule has 114 valence electrons. The molecule has 0 aromatic heterocycles. The second-order valence-electron chi connectivity index (χ2n) is 6.91. The minimum atomic E-state index is -0.111. The van der Waals surface area contributed by atoms with Crippen molar-refractivity contribution in [3.8, 4) is 5.75 Å². The maximum atomic E-state index is 12.8. The topological polar surface area (TPSA) is 40.5 Å². The van der Waals surface area contributed by atoms with Gasteiger partial charge in [0.05, 0.1) is 5.56 Å². The second kappa shape index (κ2) is 5.16. The highest BCUT2D eigenvalue weighted by atomic mass is 16.3. The van der Waals surface area contributed by atoms with Crippen LogP contribution in [-0.2, 0) is 18.5 Å². The number of hydrogen-bond acceptors (Lipinski definition) is 2. The maximum Gasteiger partial charge on any atom is 0.258 e. The third kappa shape index (κ3) is 2.59. The second-order valence-corrected chi connectivity index (χ2v) is 6.91. The minimum Gasteiger partial charge on any atom is -0.507 e. The van der Waals surface area contributed by atoms with Crippen molar-refractivity contribution in [3.05, 3.63) is 64.7 Å². The van der Waals surface area contributed by atoms with Gasteiger partial charge < -0.3 is 10.0 Å². The Morgan fingerprint density at radius 1 is 1.05 bits per heavy atom. The number of carbonyl (C=O) groups is 1. The summed E-state index contributed by atoms with van der Waals surface area (Å²) in [5, 5.41) is 10.1. The Morgan fingerprint density at radius 3 is 2.18 bits per heavy atom. The van der Waals surface area contributed by atoms with Gasteiger partial charge in [-0.15, -0.1) is 0 Å². The molecule has 2 aromatic carbocycles. The van der Waals surface area contributed by atoms with Gasteiger partial charge in [-0.2, -0.15) is 0 Å². The van der Waals surface area contributed by atoms with Crippen molar-refractivity contribution < 1.29 is 9.90 Å². The Bertz CT molecular complexity index is 703. The standard InChI is InChI=1S/C19H21NO2/c1-19(2,3)15-8-9-17(21)16(10-15)18(22)20-11-13-6-4-5-7-14(13)12-20/h4-10,21H,11-12H2,1-3H3. The summed E-state index contributed by atoms with van der Waals surface area (Å²) < 4.78 is 0. The van der Waals surface area contributed by atoms with E-state index in [4.69, 9.17) is 0 Å². The Balaban J connectivity index is 1.91. The number of rotatable bonds is 1. The highest BCUT2D eigenvalue weighted by molar-refractivity contribution is 5.97. The van der Waals surface area contributed by atoms with E-state index in [1.54, 1.807) is 11.0 Å². The van der Waals surface area contributed by atoms with Crippen LogP contribution < -0.4 is 0 Å². The van der Waals surface area contributed by atoms with E-state index in [9.17, 15) is 9.90 Å². The lowest BCUT2D eigenvalue weighted by Crippen LogP contribution is -2.26. The zero-order valence-electron chi connectivity index (χ0n) is 13.3. The fraction of sp³-hybridized carbons (Fsp3) is 0.316. The number of carbonyl (C=O) groups excluding carboxylic acids is 1. The molecule has 0 spiro atoms. The number of fused-ring (bicyclic) bond motifs is 1. The molecule has 1 aliphatic heterocycles. The fourth-order valence-electron chi connectivity index (χ4n) is 2.82. The molecule has 0 bridgehead atoms. The zero-order valence-corrected chi connectivity index (χ0v) is 13.3. The number of benzene rings is 2. The smallest absolute Gasteiger partial charge is 0.258 e. The van der Waals surface area contributed by atoms with Gasteiger partial charge in [-0.3, -0.25) is 4.79 Å². The number of hydrogen-bond donors (Lipinski definition) is 1. The highest BCUT2D eigenvalue weighted by Crippen LogP contribution is 2.30. The van der Waals surface area contributed by atoms with E-state index in [0.717, 1.165) is 5.56 Å². The average Bonchev–Trinajstić information content (AvgIpc) is 2.89. The Hall–Kier alpha value is -2.29. The molecular weight excluding hydrogens is 274 g/mol. The molecule has 0 aliphatic carbocycles. The summed E-state index contributed by atoms with van der Waals surface area (Å²) in [4.78, 5) is 14.6. The summed E-state index contributed by atoms with van der Waals surface area (Å²) in [5.41, 5.74) is 3.74. The van der Waals surface area contributed by atoms with Gasteiger partial charge in [0, 0.05) is 13.1 Å². The number of phenolic OH excluding ortho intramolecular Hbond substituents is 1. The molecule has 3 nitrogen and oxygen atoms in total. The Labute approximate surface area is 131 Å². The van der Waals surface area contributed by atoms with Crippen LogP contribution >= 0.6 is 0 Å². The Morgan fingerprint density at radius 2 is 1.64 bits per heavy atom. The molecule has 0 atom stereocenters. The van der Waals surface area contributed by atoms with Gasteiger partial charge in [0.1, 0.15) is 5.75 Å². The molecule has 1 N–H and O–H groups in total. The third-order valence-corrected chi connectivity index (χ3v) is 4.22. The molecule has 1 heterocycles. The van der Waals surface area contributed by atoms with Crippen molar-refractivity contribution in [2.24, 2.45) is 0 Å². The predicted octanol–water partition coefficient (Wildman–Crippen LogP) is 3.85. The molecule has 0 radical (unpaired) electrons. The van der Waals surface area contributed by atoms with Crippen LogP contribution in [0.3, 0.4) is 0 Å². The van der Waals surface area contributed by atoms with Crippen LogP contribution in [0.2, 0.25) is 0 Å². The van der Waals surface area contributed by atoms with Crippen LogP contribution in [0.25, 0.3) is 0 Å². The summed E-state index contributed by atoms with van der Waals surface area (Å²) in [6.45, 7) is 7.50. The fourth-order valence-corrected chi connectivity index (χ4v) is 2.82. The van der Waals surface area contributed by atoms with E-state index < -0.39 is 0 Å². The van der Waals surface area contributed by atoms with E-state index in [0.29, 0.717) is 18.7 Å². The first kappa shape index (κ1) is 14.6. The average molecular weight is 295 g/mol. The first-order valence-corrected chi connectivity index (χ1v) is 7.56. The van der Waals surface area contributed by atoms with E-state index in [1.165, 1.54) is 11.1 Å². The van der Waals surface area contributed by atoms with Crippen molar-refractivity contribution in [3.63, 3.8) is 0 Å². The van der Waals surface area contributed by atoms with Gasteiger partial charge in [-0.05, 0) is 34.2 Å². The van der Waals surface area contributed by atoms with Gasteiger partial charge in [0.15, 0.2) is 0 Å². The van der Waals surface area contributed by atoms with Crippen molar-refractivity contribution in [1.82, 2.24) is 4.90 Å². The molecular formula is C19H21NO2. The van der Waals surface area contributed by atoms with Gasteiger partial charge >= 0.3 is 0 Å². The van der Waals surface area contributed by atoms with Gasteiger partial charge in [-0.1, -0.05) is 51.1 Å². The van der Waals surface area contributed by atoms with Crippen molar-refractivity contribution >= 4 is 5.91 Å². The van der Waals surface area contributed by atoms with E-state index in [1.807, 2.05) is 36.4 Å². The lowest BCUT2D eigenvalue weighted by Gasteiger charge is -2.22. The maximum absolute atomic E-state index is 12.8. The minimum absolute atomic E-state index is 0.0500. The van der Waals surface area contributed by atoms with Crippen LogP contribution in [0.15, 0.2) is 42.5 Å². The van der Waals surface area contributed by atoms with E-state index in [2.05, 4.69) is 20.8 Å². The SMILES string of the molecule is CC(C)(C)c1ccc(O)c(C(=O)N2Cc3ccccc3C2)c1. The molecule has 1 aliphatic rings. The van der Waals surface area contributed by atoms with E-state index in [-0.39, 0.29) is 17.1 Å². The van der Waals surface area contributed by atoms with Gasteiger partial charge in [0.2, 0.25) is 0 Å². The Kier molecular flexibility index (Phi) is 3.44. The van der Waals surface area contributed by atoms with Crippen LogP contribution in [0.4, 0.5) is 0 Å². The molecule has 3 rings (SSSR count). The molecule has 0 fully saturated rings. The lowest BCUT2D eigenvalue weighted by molar-refractivity contribution is 0.0748. The van der Waals surface area contributed by atoms with E-state index >= 15 is 0 Å². The molecule has 3 heteroatoms. The highest BCUT2D eigenvalue weighted by Gasteiger charge is 2.26. The number of nitrogens with zero attached hydrogens (tertiary/aromatic N) is 1. The third-order valence-electron chi connectivity index (χ3n) is 4.22. The molecule has 0 saturated carbocycles. The van der Waals surface area contributed by atoms with Gasteiger partial charge in [-0.25, -0.2) is 0 Å². The number of aromatic hydroxyl groups is 1. The van der Waals surface area contributed by atoms with Crippen LogP contribution in [0.5, 0.6) is 5.75 Å². The zero-order chi connectivity index (χ0) is 15.9. The summed E-state index contributed by atoms with van der Waals surface area (Å²) in [6, 6.07) is 13.4. The summed E-state index contributed by atoms with van der Waals surface area (Å²) in [7, 11) is 0. The number of phenols is 1. The molecule has 2 aromatic rings. The number of amides is 1. The molecule has 0 unspecified atom stereocenters. The molecule has 1 amide bonds. The van der Waals surface area contributed by atoms with Crippen LogP contribution in [0, 0.1) is 0 Å². The van der Waals surface area contributed by atoms with Crippen molar-refractivity contribution in [2.75, 3.05) is 0 Å². The lowest BCUT2D eigenvalue weighted by atomic mass is 9.86. The largest absolute Gasteiger partial charge is 0.507 e. The van der Waals surface area contributed by atoms with Crippen LogP contribution in [-0.4, -0.2) is 15.9 Å². The van der Waals surface area contributed by atoms with Crippen molar-refractivity contribution in [2.45, 2.75) is 39.3 Å². The molecule has 0 saturated heterocycles. The monoisotopic (exact) mass is 295 g/mol. The predicted molar refractivity (Wildman–Crippen MR) is 86.8 cm³/mol. The summed E-state index contributed by atoms with van der Waals surface area (Å²) >= 11 is 0. The first-order chi connectivity index (χ1) is 10.4. The normalized spacial score (nSPS) is 14.0. The van der Waals surface area contributed by atoms with Gasteiger partial charge in [0.25, 0.3) is 5.91 Å². The molecule has 22 heavy (non-hydrogen) atoms. The van der Waals surface area contributed by atoms with Crippen LogP contribution in [0.1, 0.15) is 47.8 Å². The van der Waals surface area contributed by atoms with Crippen molar-refractivity contribution in [1.29, 1.82) is 0 Å². The first-order valence-electron chi connectivity index (χ1n) is 7.56.